The van der Waals surface area contributed by atoms with Crippen LogP contribution in [0.4, 0.5) is 10.5 Å². The van der Waals surface area contributed by atoms with E-state index in [0.717, 1.165) is 25.2 Å². The van der Waals surface area contributed by atoms with E-state index in [-0.39, 0.29) is 11.9 Å². The molecule has 0 atom stereocenters. The van der Waals surface area contributed by atoms with Crippen LogP contribution in [0.15, 0.2) is 18.2 Å². The van der Waals surface area contributed by atoms with Crippen LogP contribution in [0.3, 0.4) is 0 Å². The molecule has 3 N–H and O–H groups in total. The normalized spacial score (nSPS) is 10.5. The molecule has 0 saturated carbocycles. The molecule has 0 aliphatic rings. The largest absolute Gasteiger partial charge is 0.352 e. The van der Waals surface area contributed by atoms with E-state index < -0.39 is 0 Å². The van der Waals surface area contributed by atoms with Crippen LogP contribution in [0.5, 0.6) is 0 Å². The van der Waals surface area contributed by atoms with Crippen LogP contribution >= 0.6 is 0 Å². The summed E-state index contributed by atoms with van der Waals surface area (Å²) in [5.41, 5.74) is 2.16. The highest BCUT2D eigenvalue weighted by Gasteiger charge is 2.09. The van der Waals surface area contributed by atoms with E-state index in [9.17, 15) is 9.59 Å². The first-order valence-electron chi connectivity index (χ1n) is 8.17. The van der Waals surface area contributed by atoms with Gasteiger partial charge in [-0.2, -0.15) is 0 Å². The molecule has 0 aliphatic carbocycles. The lowest BCUT2D eigenvalue weighted by atomic mass is 10.1. The number of carbonyl (C=O) groups is 2. The van der Waals surface area contributed by atoms with Crippen molar-refractivity contribution >= 4 is 17.6 Å². The van der Waals surface area contributed by atoms with Crippen molar-refractivity contribution in [1.82, 2.24) is 15.5 Å². The molecule has 0 heterocycles. The summed E-state index contributed by atoms with van der Waals surface area (Å²) in [7, 11) is 0. The highest BCUT2D eigenvalue weighted by molar-refractivity contribution is 5.96. The SMILES string of the molecule is CCNC(=O)c1ccc(NC(=O)NCCN(CC)CC)c(C)c1. The van der Waals surface area contributed by atoms with Crippen LogP contribution in [0.25, 0.3) is 0 Å². The lowest BCUT2D eigenvalue weighted by Crippen LogP contribution is -2.37. The smallest absolute Gasteiger partial charge is 0.319 e. The Kier molecular flexibility index (Phi) is 8.11. The maximum atomic E-state index is 11.9. The van der Waals surface area contributed by atoms with Gasteiger partial charge in [0.15, 0.2) is 0 Å². The van der Waals surface area contributed by atoms with Crippen molar-refractivity contribution in [3.63, 3.8) is 0 Å². The van der Waals surface area contributed by atoms with Gasteiger partial charge in [0.25, 0.3) is 5.91 Å². The molecule has 1 aromatic carbocycles. The number of benzene rings is 1. The number of anilines is 1. The highest BCUT2D eigenvalue weighted by Crippen LogP contribution is 2.16. The number of nitrogens with one attached hydrogen (secondary N) is 3. The first-order valence-corrected chi connectivity index (χ1v) is 8.17. The van der Waals surface area contributed by atoms with Crippen LogP contribution < -0.4 is 16.0 Å². The zero-order chi connectivity index (χ0) is 17.2. The van der Waals surface area contributed by atoms with Gasteiger partial charge in [0.1, 0.15) is 0 Å². The van der Waals surface area contributed by atoms with Gasteiger partial charge in [-0.3, -0.25) is 4.79 Å². The summed E-state index contributed by atoms with van der Waals surface area (Å²) >= 11 is 0. The van der Waals surface area contributed by atoms with E-state index in [1.165, 1.54) is 0 Å². The van der Waals surface area contributed by atoms with E-state index in [4.69, 9.17) is 0 Å². The number of aryl methyl sites for hydroxylation is 1. The molecule has 6 heteroatoms. The van der Waals surface area contributed by atoms with Crippen LogP contribution in [-0.4, -0.2) is 49.6 Å². The van der Waals surface area contributed by atoms with Crippen LogP contribution in [0.2, 0.25) is 0 Å². The Morgan fingerprint density at radius 1 is 1.09 bits per heavy atom. The lowest BCUT2D eigenvalue weighted by molar-refractivity contribution is 0.0955. The summed E-state index contributed by atoms with van der Waals surface area (Å²) in [6, 6.07) is 5.01. The number of carbonyl (C=O) groups excluding carboxylic acids is 2. The number of hydrogen-bond donors (Lipinski definition) is 3. The lowest BCUT2D eigenvalue weighted by Gasteiger charge is -2.18. The Morgan fingerprint density at radius 2 is 1.78 bits per heavy atom. The number of rotatable bonds is 8. The van der Waals surface area contributed by atoms with E-state index >= 15 is 0 Å². The van der Waals surface area contributed by atoms with Gasteiger partial charge in [-0.15, -0.1) is 0 Å². The minimum atomic E-state index is -0.231. The molecule has 3 amide bonds. The molecule has 0 aliphatic heterocycles. The molecule has 128 valence electrons. The average Bonchev–Trinajstić information content (AvgIpc) is 2.53. The molecule has 1 rings (SSSR count). The second-order valence-corrected chi connectivity index (χ2v) is 5.30. The van der Waals surface area contributed by atoms with Gasteiger partial charge in [0, 0.05) is 30.9 Å². The fourth-order valence-corrected chi connectivity index (χ4v) is 2.24. The number of hydrogen-bond acceptors (Lipinski definition) is 3. The van der Waals surface area contributed by atoms with Crippen molar-refractivity contribution < 1.29 is 9.59 Å². The van der Waals surface area contributed by atoms with Crippen molar-refractivity contribution in [2.75, 3.05) is 38.0 Å². The van der Waals surface area contributed by atoms with E-state index in [1.807, 2.05) is 13.8 Å². The molecule has 0 saturated heterocycles. The summed E-state index contributed by atoms with van der Waals surface area (Å²) in [4.78, 5) is 25.9. The number of amides is 3. The molecule has 0 aromatic heterocycles. The van der Waals surface area contributed by atoms with Gasteiger partial charge in [0.05, 0.1) is 0 Å². The number of likely N-dealkylation sites (N-methyl/N-ethyl adjacent to an activating group) is 1. The maximum absolute atomic E-state index is 11.9. The molecule has 0 unspecified atom stereocenters. The van der Waals surface area contributed by atoms with Crippen LogP contribution in [-0.2, 0) is 0 Å². The van der Waals surface area contributed by atoms with Crippen molar-refractivity contribution in [1.29, 1.82) is 0 Å². The molecule has 0 bridgehead atoms. The van der Waals surface area contributed by atoms with Gasteiger partial charge in [-0.1, -0.05) is 13.8 Å². The quantitative estimate of drug-likeness (QED) is 0.687. The summed E-state index contributed by atoms with van der Waals surface area (Å²) in [5.74, 6) is -0.106. The number of nitrogens with zero attached hydrogens (tertiary/aromatic N) is 1. The Balaban J connectivity index is 2.53. The second-order valence-electron chi connectivity index (χ2n) is 5.30. The molecular weight excluding hydrogens is 292 g/mol. The van der Waals surface area contributed by atoms with Crippen LogP contribution in [0, 0.1) is 6.92 Å². The zero-order valence-electron chi connectivity index (χ0n) is 14.5. The monoisotopic (exact) mass is 320 g/mol. The molecular formula is C17H28N4O2. The molecule has 0 radical (unpaired) electrons. The highest BCUT2D eigenvalue weighted by atomic mass is 16.2. The van der Waals surface area contributed by atoms with Crippen molar-refractivity contribution in [2.24, 2.45) is 0 Å². The third-order valence-corrected chi connectivity index (χ3v) is 3.68. The predicted octanol–water partition coefficient (Wildman–Crippen LogP) is 2.21. The molecule has 0 fully saturated rings. The predicted molar refractivity (Wildman–Crippen MR) is 94.0 cm³/mol. The summed E-state index contributed by atoms with van der Waals surface area (Å²) in [6.07, 6.45) is 0. The molecule has 0 spiro atoms. The van der Waals surface area contributed by atoms with Crippen LogP contribution in [0.1, 0.15) is 36.7 Å². The summed E-state index contributed by atoms with van der Waals surface area (Å²) in [6.45, 7) is 11.9. The third kappa shape index (κ3) is 6.28. The fourth-order valence-electron chi connectivity index (χ4n) is 2.24. The van der Waals surface area contributed by atoms with Gasteiger partial charge in [-0.05, 0) is 50.7 Å². The zero-order valence-corrected chi connectivity index (χ0v) is 14.5. The van der Waals surface area contributed by atoms with E-state index in [0.29, 0.717) is 24.3 Å². The van der Waals surface area contributed by atoms with Crippen molar-refractivity contribution in [2.45, 2.75) is 27.7 Å². The van der Waals surface area contributed by atoms with Crippen molar-refractivity contribution in [3.8, 4) is 0 Å². The topological polar surface area (TPSA) is 73.5 Å². The Bertz CT molecular complexity index is 527. The van der Waals surface area contributed by atoms with Gasteiger partial charge in [0.2, 0.25) is 0 Å². The Hall–Kier alpha value is -2.08. The molecule has 1 aromatic rings. The summed E-state index contributed by atoms with van der Waals surface area (Å²) in [5, 5.41) is 8.42. The first kappa shape index (κ1) is 19.0. The van der Waals surface area contributed by atoms with Gasteiger partial charge in [-0.25, -0.2) is 4.79 Å². The maximum Gasteiger partial charge on any atom is 0.319 e. The Morgan fingerprint density at radius 3 is 2.35 bits per heavy atom. The fraction of sp³-hybridized carbons (Fsp3) is 0.529. The first-order chi connectivity index (χ1) is 11.0. The molecule has 6 nitrogen and oxygen atoms in total. The minimum absolute atomic E-state index is 0.106. The minimum Gasteiger partial charge on any atom is -0.352 e. The van der Waals surface area contributed by atoms with Gasteiger partial charge >= 0.3 is 6.03 Å². The summed E-state index contributed by atoms with van der Waals surface area (Å²) < 4.78 is 0. The Labute approximate surface area is 138 Å². The van der Waals surface area contributed by atoms with Crippen molar-refractivity contribution in [3.05, 3.63) is 29.3 Å². The third-order valence-electron chi connectivity index (χ3n) is 3.68. The van der Waals surface area contributed by atoms with E-state index in [2.05, 4.69) is 34.7 Å². The van der Waals surface area contributed by atoms with E-state index in [1.54, 1.807) is 18.2 Å². The van der Waals surface area contributed by atoms with Gasteiger partial charge < -0.3 is 20.9 Å². The second kappa shape index (κ2) is 9.84. The molecule has 23 heavy (non-hydrogen) atoms. The standard InChI is InChI=1S/C17H28N4O2/c1-5-18-16(22)14-8-9-15(13(4)12-14)20-17(23)19-10-11-21(6-2)7-3/h8-9,12H,5-7,10-11H2,1-4H3,(H,18,22)(H2,19,20,23). The number of urea groups is 1. The average molecular weight is 320 g/mol.